The highest BCUT2D eigenvalue weighted by molar-refractivity contribution is 6.02. The smallest absolute Gasteiger partial charge is 0.205 e. The summed E-state index contributed by atoms with van der Waals surface area (Å²) in [5, 5.41) is 11.9. The molecule has 0 amide bonds. The van der Waals surface area contributed by atoms with E-state index >= 15 is 0 Å². The lowest BCUT2D eigenvalue weighted by atomic mass is 9.69. The minimum atomic E-state index is -0.658. The van der Waals surface area contributed by atoms with E-state index in [0.717, 1.165) is 16.3 Å². The molecule has 0 saturated carbocycles. The van der Waals surface area contributed by atoms with Gasteiger partial charge in [0, 0.05) is 24.0 Å². The Labute approximate surface area is 188 Å². The van der Waals surface area contributed by atoms with Crippen molar-refractivity contribution in [2.24, 2.45) is 11.1 Å². The van der Waals surface area contributed by atoms with Crippen molar-refractivity contribution in [1.82, 2.24) is 0 Å². The molecule has 1 aliphatic heterocycles. The van der Waals surface area contributed by atoms with Crippen molar-refractivity contribution < 1.29 is 19.0 Å². The number of ketones is 1. The summed E-state index contributed by atoms with van der Waals surface area (Å²) in [6.45, 7) is 8.87. The van der Waals surface area contributed by atoms with Crippen LogP contribution in [0.5, 0.6) is 11.5 Å². The van der Waals surface area contributed by atoms with Crippen molar-refractivity contribution in [2.75, 3.05) is 13.2 Å². The summed E-state index contributed by atoms with van der Waals surface area (Å²) in [6.07, 6.45) is 0.951. The van der Waals surface area contributed by atoms with Gasteiger partial charge in [0.25, 0.3) is 0 Å². The first kappa shape index (κ1) is 21.8. The highest BCUT2D eigenvalue weighted by Crippen LogP contribution is 2.51. The maximum atomic E-state index is 13.4. The van der Waals surface area contributed by atoms with Crippen molar-refractivity contribution in [3.05, 3.63) is 58.7 Å². The zero-order valence-electron chi connectivity index (χ0n) is 19.0. The number of ether oxygens (including phenoxy) is 3. The number of nitriles is 1. The number of benzene rings is 2. The number of carbonyl (C=O) groups excluding carboxylic acids is 1. The normalized spacial score (nSPS) is 20.0. The van der Waals surface area contributed by atoms with Crippen LogP contribution >= 0.6 is 0 Å². The topological polar surface area (TPSA) is 94.6 Å². The number of fused-ring (bicyclic) bond motifs is 1. The molecule has 0 fully saturated rings. The molecular weight excluding hydrogens is 404 g/mol. The molecule has 1 heterocycles. The predicted octanol–water partition coefficient (Wildman–Crippen LogP) is 5.09. The van der Waals surface area contributed by atoms with Crippen LogP contribution in [0.1, 0.15) is 52.0 Å². The van der Waals surface area contributed by atoms with Gasteiger partial charge in [-0.05, 0) is 48.2 Å². The fourth-order valence-electron chi connectivity index (χ4n) is 4.71. The molecule has 32 heavy (non-hydrogen) atoms. The average molecular weight is 433 g/mol. The van der Waals surface area contributed by atoms with Crippen molar-refractivity contribution in [1.29, 1.82) is 5.26 Å². The molecule has 2 aliphatic rings. The van der Waals surface area contributed by atoms with Gasteiger partial charge >= 0.3 is 0 Å². The van der Waals surface area contributed by atoms with Crippen LogP contribution in [0.3, 0.4) is 0 Å². The summed E-state index contributed by atoms with van der Waals surface area (Å²) < 4.78 is 17.6. The molecule has 2 aromatic rings. The molecule has 2 aromatic carbocycles. The third kappa shape index (κ3) is 3.69. The molecule has 2 N–H and O–H groups in total. The molecule has 1 atom stereocenters. The van der Waals surface area contributed by atoms with Gasteiger partial charge in [-0.2, -0.15) is 5.26 Å². The van der Waals surface area contributed by atoms with E-state index in [9.17, 15) is 10.1 Å². The molecule has 6 heteroatoms. The molecule has 166 valence electrons. The number of rotatable bonds is 5. The van der Waals surface area contributed by atoms with E-state index < -0.39 is 5.92 Å². The second kappa shape index (κ2) is 8.23. The van der Waals surface area contributed by atoms with Crippen LogP contribution in [0.15, 0.2) is 53.1 Å². The van der Waals surface area contributed by atoms with Gasteiger partial charge in [-0.25, -0.2) is 0 Å². The Morgan fingerprint density at radius 2 is 1.88 bits per heavy atom. The highest BCUT2D eigenvalue weighted by Gasteiger charge is 2.44. The van der Waals surface area contributed by atoms with Crippen LogP contribution in [0.2, 0.25) is 0 Å². The highest BCUT2D eigenvalue weighted by atomic mass is 16.5. The van der Waals surface area contributed by atoms with E-state index in [2.05, 4.69) is 6.07 Å². The van der Waals surface area contributed by atoms with E-state index in [4.69, 9.17) is 19.9 Å². The van der Waals surface area contributed by atoms with E-state index in [1.54, 1.807) is 0 Å². The Hall–Kier alpha value is -3.46. The second-order valence-corrected chi connectivity index (χ2v) is 8.93. The van der Waals surface area contributed by atoms with Gasteiger partial charge < -0.3 is 19.9 Å². The molecule has 0 bridgehead atoms. The Balaban J connectivity index is 2.05. The zero-order chi connectivity index (χ0) is 23.0. The molecule has 0 saturated heterocycles. The van der Waals surface area contributed by atoms with Gasteiger partial charge in [-0.15, -0.1) is 0 Å². The Bertz CT molecular complexity index is 1200. The van der Waals surface area contributed by atoms with Gasteiger partial charge in [0.15, 0.2) is 5.78 Å². The molecular formula is C26H28N2O4. The van der Waals surface area contributed by atoms with Crippen molar-refractivity contribution >= 4 is 16.6 Å². The summed E-state index contributed by atoms with van der Waals surface area (Å²) in [7, 11) is 0. The summed E-state index contributed by atoms with van der Waals surface area (Å²) in [5.74, 6) is 1.24. The maximum absolute atomic E-state index is 13.4. The summed E-state index contributed by atoms with van der Waals surface area (Å²) in [5.41, 5.74) is 7.46. The van der Waals surface area contributed by atoms with Gasteiger partial charge in [0.1, 0.15) is 28.9 Å². The third-order valence-corrected chi connectivity index (χ3v) is 5.97. The lowest BCUT2D eigenvalue weighted by Gasteiger charge is -2.37. The van der Waals surface area contributed by atoms with Crippen LogP contribution < -0.4 is 15.2 Å². The molecule has 0 aromatic heterocycles. The lowest BCUT2D eigenvalue weighted by Crippen LogP contribution is -2.33. The Morgan fingerprint density at radius 3 is 2.56 bits per heavy atom. The van der Waals surface area contributed by atoms with E-state index in [1.165, 1.54) is 0 Å². The Morgan fingerprint density at radius 1 is 1.16 bits per heavy atom. The largest absolute Gasteiger partial charge is 0.494 e. The number of nitrogens with two attached hydrogens (primary N) is 1. The number of nitrogens with zero attached hydrogens (tertiary/aromatic N) is 1. The third-order valence-electron chi connectivity index (χ3n) is 5.97. The van der Waals surface area contributed by atoms with Crippen molar-refractivity contribution in [3.63, 3.8) is 0 Å². The SMILES string of the molecule is CCOc1ccc2ccc(OCC)c(C3C(C#N)=C(N)OC4=C3C(=O)CC(C)(C)C4)c2c1. The number of allylic oxidation sites excluding steroid dienone is 3. The quantitative estimate of drug-likeness (QED) is 0.707. The molecule has 0 radical (unpaired) electrons. The standard InChI is InChI=1S/C26H28N2O4/c1-5-30-16-9-7-15-8-10-20(31-6-2)22(17(15)11-16)23-18(14-27)25(28)32-21-13-26(3,4)12-19(29)24(21)23/h7-11,23H,5-6,12-13,28H2,1-4H3. The first-order chi connectivity index (χ1) is 15.3. The number of hydrogen-bond acceptors (Lipinski definition) is 6. The second-order valence-electron chi connectivity index (χ2n) is 8.93. The average Bonchev–Trinajstić information content (AvgIpc) is 2.72. The number of carbonyl (C=O) groups is 1. The summed E-state index contributed by atoms with van der Waals surface area (Å²) in [4.78, 5) is 13.4. The minimum absolute atomic E-state index is 0.0260. The fraction of sp³-hybridized carbons (Fsp3) is 0.385. The minimum Gasteiger partial charge on any atom is -0.494 e. The van der Waals surface area contributed by atoms with Crippen molar-refractivity contribution in [3.8, 4) is 17.6 Å². The van der Waals surface area contributed by atoms with Crippen LogP contribution in [-0.4, -0.2) is 19.0 Å². The summed E-state index contributed by atoms with van der Waals surface area (Å²) >= 11 is 0. The summed E-state index contributed by atoms with van der Waals surface area (Å²) in [6, 6.07) is 11.9. The molecule has 1 aliphatic carbocycles. The van der Waals surface area contributed by atoms with Crippen LogP contribution in [0.4, 0.5) is 0 Å². The van der Waals surface area contributed by atoms with Crippen molar-refractivity contribution in [2.45, 2.75) is 46.5 Å². The first-order valence-corrected chi connectivity index (χ1v) is 11.0. The monoisotopic (exact) mass is 432 g/mol. The number of hydrogen-bond donors (Lipinski definition) is 1. The van der Waals surface area contributed by atoms with Gasteiger partial charge in [-0.3, -0.25) is 4.79 Å². The van der Waals surface area contributed by atoms with Crippen LogP contribution in [-0.2, 0) is 9.53 Å². The van der Waals surface area contributed by atoms with Crippen LogP contribution in [0, 0.1) is 16.7 Å². The molecule has 0 spiro atoms. The fourth-order valence-corrected chi connectivity index (χ4v) is 4.71. The first-order valence-electron chi connectivity index (χ1n) is 11.0. The molecule has 1 unspecified atom stereocenters. The van der Waals surface area contributed by atoms with Gasteiger partial charge in [0.2, 0.25) is 5.88 Å². The molecule has 4 rings (SSSR count). The zero-order valence-corrected chi connectivity index (χ0v) is 19.0. The number of Topliss-reactive ketones (excluding diaryl/α,β-unsaturated/α-hetero) is 1. The predicted molar refractivity (Wildman–Crippen MR) is 122 cm³/mol. The van der Waals surface area contributed by atoms with Gasteiger partial charge in [0.05, 0.1) is 19.1 Å². The van der Waals surface area contributed by atoms with E-state index in [1.807, 2.05) is 58.0 Å². The molecule has 6 nitrogen and oxygen atoms in total. The van der Waals surface area contributed by atoms with Gasteiger partial charge in [-0.1, -0.05) is 26.0 Å². The Kier molecular flexibility index (Phi) is 5.60. The van der Waals surface area contributed by atoms with E-state index in [-0.39, 0.29) is 22.7 Å². The van der Waals surface area contributed by atoms with Crippen LogP contribution in [0.25, 0.3) is 10.8 Å². The maximum Gasteiger partial charge on any atom is 0.205 e. The lowest BCUT2D eigenvalue weighted by molar-refractivity contribution is -0.119. The van der Waals surface area contributed by atoms with E-state index in [0.29, 0.717) is 48.9 Å².